The van der Waals surface area contributed by atoms with Gasteiger partial charge in [0, 0.05) is 0 Å². The van der Waals surface area contributed by atoms with Crippen LogP contribution >= 0.6 is 0 Å². The van der Waals surface area contributed by atoms with Crippen LogP contribution in [0.1, 0.15) is 90.2 Å². The molecule has 42 heavy (non-hydrogen) atoms. The molecular weight excluding hydrogens is 504 g/mol. The van der Waals surface area contributed by atoms with Crippen molar-refractivity contribution >= 4 is 57.0 Å². The van der Waals surface area contributed by atoms with E-state index in [2.05, 4.69) is 97.1 Å². The summed E-state index contributed by atoms with van der Waals surface area (Å²) in [7, 11) is 0. The van der Waals surface area contributed by atoms with Crippen LogP contribution < -0.4 is 20.9 Å². The van der Waals surface area contributed by atoms with Gasteiger partial charge >= 0.3 is 0 Å². The smallest absolute Gasteiger partial charge is 0.00676 e. The topological polar surface area (TPSA) is 0 Å². The zero-order valence-corrected chi connectivity index (χ0v) is 24.0. The Bertz CT molecular complexity index is 2310. The lowest BCUT2D eigenvalue weighted by molar-refractivity contribution is 0.639. The van der Waals surface area contributed by atoms with Crippen molar-refractivity contribution in [3.05, 3.63) is 127 Å². The van der Waals surface area contributed by atoms with Crippen molar-refractivity contribution in [3.8, 4) is 0 Å². The van der Waals surface area contributed by atoms with Crippen LogP contribution in [0.4, 0.5) is 0 Å². The number of benzene rings is 5. The lowest BCUT2D eigenvalue weighted by atomic mass is 9.75. The molecule has 0 aliphatic heterocycles. The average molecular weight is 539 g/mol. The van der Waals surface area contributed by atoms with E-state index in [0.29, 0.717) is 11.8 Å². The van der Waals surface area contributed by atoms with Crippen molar-refractivity contribution in [1.29, 1.82) is 0 Å². The molecule has 0 heteroatoms. The van der Waals surface area contributed by atoms with Gasteiger partial charge in [0.05, 0.1) is 0 Å². The summed E-state index contributed by atoms with van der Waals surface area (Å²) < 4.78 is 0. The third-order valence-electron chi connectivity index (χ3n) is 11.2. The fraction of sp³-hybridized carbons (Fsp3) is 0.238. The first kappa shape index (κ1) is 23.4. The van der Waals surface area contributed by atoms with E-state index >= 15 is 0 Å². The number of fused-ring (bicyclic) bond motifs is 1. The molecule has 2 atom stereocenters. The monoisotopic (exact) mass is 538 g/mol. The van der Waals surface area contributed by atoms with Gasteiger partial charge in [-0.25, -0.2) is 0 Å². The number of rotatable bonds is 2. The van der Waals surface area contributed by atoms with Gasteiger partial charge in [0.15, 0.2) is 0 Å². The van der Waals surface area contributed by atoms with Gasteiger partial charge in [-0.2, -0.15) is 0 Å². The van der Waals surface area contributed by atoms with Gasteiger partial charge in [0.25, 0.3) is 0 Å². The van der Waals surface area contributed by atoms with Crippen molar-refractivity contribution in [3.63, 3.8) is 0 Å². The Labute approximate surface area is 246 Å². The van der Waals surface area contributed by atoms with Crippen LogP contribution in [-0.2, 0) is 6.42 Å². The van der Waals surface area contributed by atoms with E-state index in [1.807, 2.05) is 0 Å². The standard InChI is InChI=1S/C42H34/c1-3-25-7-9-29-15-19-35(37-21-17-27(5-1)39(25)41(29)37)33-13-11-32-24-34(14-12-31(32)23-33)36-20-16-30-10-8-26-4-2-6-28-18-22-38(36)42(30)40(26)28/h1,3-5,7-8,10-11,13,16-17,20-24,28-29H,2,6,9,12,14-15,18-19H2. The predicted octanol–water partition coefficient (Wildman–Crippen LogP) is 7.58. The molecule has 0 radical (unpaired) electrons. The second-order valence-corrected chi connectivity index (χ2v) is 13.3. The number of hydrogen-bond acceptors (Lipinski definition) is 0. The summed E-state index contributed by atoms with van der Waals surface area (Å²) >= 11 is 0. The van der Waals surface area contributed by atoms with E-state index in [9.17, 15) is 0 Å². The normalized spacial score (nSPS) is 21.2. The zero-order valence-electron chi connectivity index (χ0n) is 24.0. The summed E-state index contributed by atoms with van der Waals surface area (Å²) in [5.41, 5.74) is 12.1. The summed E-state index contributed by atoms with van der Waals surface area (Å²) in [5, 5.41) is 11.8. The summed E-state index contributed by atoms with van der Waals surface area (Å²) in [4.78, 5) is 0. The highest BCUT2D eigenvalue weighted by Gasteiger charge is 2.26. The summed E-state index contributed by atoms with van der Waals surface area (Å²) in [6.07, 6.45) is 19.6. The van der Waals surface area contributed by atoms with Gasteiger partial charge in [-0.3, -0.25) is 0 Å². The van der Waals surface area contributed by atoms with Crippen LogP contribution in [0.3, 0.4) is 0 Å². The minimum absolute atomic E-state index is 0.670. The van der Waals surface area contributed by atoms with Gasteiger partial charge in [0.2, 0.25) is 0 Å². The molecule has 0 spiro atoms. The molecule has 2 unspecified atom stereocenters. The Morgan fingerprint density at radius 3 is 2.50 bits per heavy atom. The third kappa shape index (κ3) is 3.24. The maximum absolute atomic E-state index is 2.57. The lowest BCUT2D eigenvalue weighted by Crippen LogP contribution is -2.27. The predicted molar refractivity (Wildman–Crippen MR) is 178 cm³/mol. The molecule has 10 rings (SSSR count). The first-order valence-corrected chi connectivity index (χ1v) is 16.2. The highest BCUT2D eigenvalue weighted by Crippen LogP contribution is 2.39. The van der Waals surface area contributed by atoms with Gasteiger partial charge in [0.1, 0.15) is 0 Å². The van der Waals surface area contributed by atoms with Crippen LogP contribution in [0.15, 0.2) is 72.8 Å². The van der Waals surface area contributed by atoms with Crippen molar-refractivity contribution in [1.82, 2.24) is 0 Å². The van der Waals surface area contributed by atoms with Crippen molar-refractivity contribution in [2.75, 3.05) is 0 Å². The molecular formula is C42H34. The number of hydrogen-bond donors (Lipinski definition) is 0. The molecule has 0 nitrogen and oxygen atoms in total. The SMILES string of the molecule is C1=C(c2ccc3ccc4c5c3c2=CCC5CCC=4)CCc2cc(C3=c4ccc5cccc6c5c4C(CC=6)CC3)ccc21. The second-order valence-electron chi connectivity index (χ2n) is 13.3. The molecule has 202 valence electrons. The van der Waals surface area contributed by atoms with E-state index in [0.717, 1.165) is 12.8 Å². The first-order chi connectivity index (χ1) is 20.8. The van der Waals surface area contributed by atoms with Crippen LogP contribution in [-0.4, -0.2) is 0 Å². The van der Waals surface area contributed by atoms with E-state index in [1.54, 1.807) is 16.7 Å². The molecule has 5 aromatic rings. The van der Waals surface area contributed by atoms with Crippen LogP contribution in [0.5, 0.6) is 0 Å². The zero-order chi connectivity index (χ0) is 27.4. The highest BCUT2D eigenvalue weighted by molar-refractivity contribution is 5.95. The van der Waals surface area contributed by atoms with Gasteiger partial charge in [-0.1, -0.05) is 97.1 Å². The largest absolute Gasteiger partial charge is 0.0769 e. The molecule has 0 amide bonds. The quantitative estimate of drug-likeness (QED) is 0.217. The second kappa shape index (κ2) is 8.68. The van der Waals surface area contributed by atoms with E-state index in [-0.39, 0.29) is 0 Å². The average Bonchev–Trinajstić information content (AvgIpc) is 3.05. The molecule has 0 fully saturated rings. The number of aryl methyl sites for hydroxylation is 1. The van der Waals surface area contributed by atoms with Gasteiger partial charge < -0.3 is 0 Å². The van der Waals surface area contributed by atoms with E-state index < -0.39 is 0 Å². The fourth-order valence-corrected chi connectivity index (χ4v) is 9.27. The van der Waals surface area contributed by atoms with E-state index in [4.69, 9.17) is 0 Å². The van der Waals surface area contributed by atoms with Crippen molar-refractivity contribution in [2.24, 2.45) is 0 Å². The Morgan fingerprint density at radius 1 is 0.619 bits per heavy atom. The summed E-state index contributed by atoms with van der Waals surface area (Å²) in [6, 6.07) is 28.5. The maximum atomic E-state index is 2.57. The Morgan fingerprint density at radius 2 is 1.50 bits per heavy atom. The van der Waals surface area contributed by atoms with Crippen LogP contribution in [0.2, 0.25) is 0 Å². The molecule has 0 N–H and O–H groups in total. The minimum Gasteiger partial charge on any atom is -0.0769 e. The molecule has 5 aromatic carbocycles. The molecule has 5 aliphatic carbocycles. The van der Waals surface area contributed by atoms with Gasteiger partial charge in [-0.15, -0.1) is 0 Å². The summed E-state index contributed by atoms with van der Waals surface area (Å²) in [6.45, 7) is 0. The van der Waals surface area contributed by atoms with Crippen molar-refractivity contribution < 1.29 is 0 Å². The van der Waals surface area contributed by atoms with Crippen LogP contribution in [0.25, 0.3) is 57.0 Å². The Kier molecular flexibility index (Phi) is 4.84. The lowest BCUT2D eigenvalue weighted by Gasteiger charge is -2.29. The molecule has 5 aliphatic rings. The van der Waals surface area contributed by atoms with Crippen molar-refractivity contribution in [2.45, 2.75) is 63.2 Å². The maximum Gasteiger partial charge on any atom is -0.00676 e. The molecule has 0 heterocycles. The third-order valence-corrected chi connectivity index (χ3v) is 11.2. The molecule has 0 aromatic heterocycles. The Balaban J connectivity index is 1.11. The minimum atomic E-state index is 0.670. The first-order valence-electron chi connectivity index (χ1n) is 16.2. The number of allylic oxidation sites excluding steroid dienone is 1. The summed E-state index contributed by atoms with van der Waals surface area (Å²) in [5.74, 6) is 1.37. The molecule has 0 saturated carbocycles. The Hall–Kier alpha value is -4.16. The molecule has 0 saturated heterocycles. The van der Waals surface area contributed by atoms with Crippen LogP contribution in [0, 0.1) is 0 Å². The highest BCUT2D eigenvalue weighted by atomic mass is 14.3. The molecule has 0 bridgehead atoms. The fourth-order valence-electron chi connectivity index (χ4n) is 9.27. The van der Waals surface area contributed by atoms with E-state index in [1.165, 1.54) is 109 Å². The van der Waals surface area contributed by atoms with Gasteiger partial charge in [-0.05, 0) is 150 Å².